The SMILES string of the molecule is CCC1CCC(N)(c2nc(-c3sccc3C)cs2)CC1. The Balaban J connectivity index is 1.82. The van der Waals surface area contributed by atoms with Crippen LogP contribution in [-0.2, 0) is 5.54 Å². The lowest BCUT2D eigenvalue weighted by Crippen LogP contribution is -2.40. The summed E-state index contributed by atoms with van der Waals surface area (Å²) in [5, 5.41) is 5.44. The average molecular weight is 307 g/mol. The number of hydrogen-bond donors (Lipinski definition) is 1. The minimum atomic E-state index is -0.181. The minimum absolute atomic E-state index is 0.181. The van der Waals surface area contributed by atoms with E-state index in [0.717, 1.165) is 29.5 Å². The molecule has 20 heavy (non-hydrogen) atoms. The Hall–Kier alpha value is -0.710. The molecular formula is C16H22N2S2. The van der Waals surface area contributed by atoms with Crippen molar-refractivity contribution in [1.29, 1.82) is 0 Å². The van der Waals surface area contributed by atoms with Crippen molar-refractivity contribution in [3.63, 3.8) is 0 Å². The van der Waals surface area contributed by atoms with E-state index in [4.69, 9.17) is 10.7 Å². The summed E-state index contributed by atoms with van der Waals surface area (Å²) in [7, 11) is 0. The zero-order valence-corrected chi connectivity index (χ0v) is 13.8. The van der Waals surface area contributed by atoms with E-state index in [0.29, 0.717) is 0 Å². The maximum absolute atomic E-state index is 6.65. The van der Waals surface area contributed by atoms with Gasteiger partial charge in [-0.1, -0.05) is 13.3 Å². The molecule has 0 aromatic carbocycles. The summed E-state index contributed by atoms with van der Waals surface area (Å²) in [6.45, 7) is 4.44. The first-order chi connectivity index (χ1) is 9.62. The fourth-order valence-corrected chi connectivity index (χ4v) is 5.00. The minimum Gasteiger partial charge on any atom is -0.319 e. The van der Waals surface area contributed by atoms with Crippen molar-refractivity contribution < 1.29 is 0 Å². The van der Waals surface area contributed by atoms with Crippen molar-refractivity contribution >= 4 is 22.7 Å². The molecule has 2 aromatic heterocycles. The largest absolute Gasteiger partial charge is 0.319 e. The van der Waals surface area contributed by atoms with Gasteiger partial charge in [0, 0.05) is 5.38 Å². The van der Waals surface area contributed by atoms with Crippen molar-refractivity contribution in [1.82, 2.24) is 4.98 Å². The molecule has 1 aliphatic rings. The van der Waals surface area contributed by atoms with Gasteiger partial charge in [0.2, 0.25) is 0 Å². The fraction of sp³-hybridized carbons (Fsp3) is 0.562. The Morgan fingerprint density at radius 2 is 2.10 bits per heavy atom. The first-order valence-electron chi connectivity index (χ1n) is 7.42. The van der Waals surface area contributed by atoms with Crippen LogP contribution < -0.4 is 5.73 Å². The van der Waals surface area contributed by atoms with Gasteiger partial charge in [-0.3, -0.25) is 0 Å². The van der Waals surface area contributed by atoms with Crippen LogP contribution in [0.2, 0.25) is 0 Å². The number of rotatable bonds is 3. The highest BCUT2D eigenvalue weighted by molar-refractivity contribution is 7.14. The Morgan fingerprint density at radius 3 is 2.70 bits per heavy atom. The quantitative estimate of drug-likeness (QED) is 0.873. The third-order valence-electron chi connectivity index (χ3n) is 4.60. The van der Waals surface area contributed by atoms with Crippen LogP contribution in [0.1, 0.15) is 49.6 Å². The number of aromatic nitrogens is 1. The van der Waals surface area contributed by atoms with Crippen molar-refractivity contribution in [2.75, 3.05) is 0 Å². The fourth-order valence-electron chi connectivity index (χ4n) is 3.06. The van der Waals surface area contributed by atoms with Crippen LogP contribution in [-0.4, -0.2) is 4.98 Å². The second-order valence-corrected chi connectivity index (χ2v) is 7.75. The number of nitrogens with two attached hydrogens (primary N) is 1. The van der Waals surface area contributed by atoms with E-state index in [1.807, 2.05) is 0 Å². The predicted molar refractivity (Wildman–Crippen MR) is 88.3 cm³/mol. The number of hydrogen-bond acceptors (Lipinski definition) is 4. The van der Waals surface area contributed by atoms with Crippen LogP contribution in [0.15, 0.2) is 16.8 Å². The van der Waals surface area contributed by atoms with Crippen LogP contribution in [0.4, 0.5) is 0 Å². The molecule has 2 heterocycles. The zero-order valence-electron chi connectivity index (χ0n) is 12.2. The monoisotopic (exact) mass is 306 g/mol. The summed E-state index contributed by atoms with van der Waals surface area (Å²) >= 11 is 3.51. The van der Waals surface area contributed by atoms with E-state index in [-0.39, 0.29) is 5.54 Å². The highest BCUT2D eigenvalue weighted by Gasteiger charge is 2.35. The molecule has 1 fully saturated rings. The van der Waals surface area contributed by atoms with Gasteiger partial charge in [0.05, 0.1) is 16.1 Å². The molecule has 0 amide bonds. The standard InChI is InChI=1S/C16H22N2S2/c1-3-12-4-7-16(17,8-5-12)15-18-13(10-20-15)14-11(2)6-9-19-14/h6,9-10,12H,3-5,7-8,17H2,1-2H3. The van der Waals surface area contributed by atoms with Crippen molar-refractivity contribution in [3.8, 4) is 10.6 Å². The Morgan fingerprint density at radius 1 is 1.35 bits per heavy atom. The molecule has 0 aliphatic heterocycles. The lowest BCUT2D eigenvalue weighted by molar-refractivity contribution is 0.231. The molecule has 1 aliphatic carbocycles. The second kappa shape index (κ2) is 5.58. The van der Waals surface area contributed by atoms with Crippen LogP contribution in [0.25, 0.3) is 10.6 Å². The van der Waals surface area contributed by atoms with Crippen LogP contribution >= 0.6 is 22.7 Å². The molecule has 4 heteroatoms. The van der Waals surface area contributed by atoms with Crippen molar-refractivity contribution in [2.24, 2.45) is 11.7 Å². The molecule has 0 radical (unpaired) electrons. The van der Waals surface area contributed by atoms with Gasteiger partial charge in [-0.25, -0.2) is 4.98 Å². The third kappa shape index (κ3) is 2.57. The zero-order chi connectivity index (χ0) is 14.2. The molecule has 108 valence electrons. The Labute approximate surface area is 129 Å². The summed E-state index contributed by atoms with van der Waals surface area (Å²) in [5.74, 6) is 0.866. The third-order valence-corrected chi connectivity index (χ3v) is 6.70. The molecule has 0 saturated heterocycles. The van der Waals surface area contributed by atoms with Crippen molar-refractivity contribution in [2.45, 2.75) is 51.5 Å². The highest BCUT2D eigenvalue weighted by atomic mass is 32.1. The predicted octanol–water partition coefficient (Wildman–Crippen LogP) is 4.93. The summed E-state index contributed by atoms with van der Waals surface area (Å²) in [6, 6.07) is 2.16. The first-order valence-corrected chi connectivity index (χ1v) is 9.17. The lowest BCUT2D eigenvalue weighted by atomic mass is 9.76. The van der Waals surface area contributed by atoms with Gasteiger partial charge in [-0.05, 0) is 55.5 Å². The Kier molecular flexibility index (Phi) is 3.98. The van der Waals surface area contributed by atoms with Gasteiger partial charge >= 0.3 is 0 Å². The molecule has 2 N–H and O–H groups in total. The highest BCUT2D eigenvalue weighted by Crippen LogP contribution is 2.41. The second-order valence-electron chi connectivity index (χ2n) is 5.98. The summed E-state index contributed by atoms with van der Waals surface area (Å²) < 4.78 is 0. The number of nitrogens with zero attached hydrogens (tertiary/aromatic N) is 1. The summed E-state index contributed by atoms with van der Waals surface area (Å²) in [6.07, 6.45) is 5.96. The molecule has 2 nitrogen and oxygen atoms in total. The van der Waals surface area contributed by atoms with Crippen LogP contribution in [0.3, 0.4) is 0 Å². The number of aryl methyl sites for hydroxylation is 1. The maximum atomic E-state index is 6.65. The van der Waals surface area contributed by atoms with Crippen LogP contribution in [0, 0.1) is 12.8 Å². The van der Waals surface area contributed by atoms with E-state index in [1.165, 1.54) is 29.7 Å². The first kappa shape index (κ1) is 14.2. The summed E-state index contributed by atoms with van der Waals surface area (Å²) in [4.78, 5) is 6.15. The topological polar surface area (TPSA) is 38.9 Å². The van der Waals surface area contributed by atoms with Crippen LogP contribution in [0.5, 0.6) is 0 Å². The number of thiophene rings is 1. The average Bonchev–Trinajstić information content (AvgIpc) is 3.08. The van der Waals surface area contributed by atoms with Gasteiger partial charge in [0.15, 0.2) is 0 Å². The molecule has 0 bridgehead atoms. The van der Waals surface area contributed by atoms with E-state index >= 15 is 0 Å². The molecular weight excluding hydrogens is 284 g/mol. The van der Waals surface area contributed by atoms with Gasteiger partial charge in [-0.2, -0.15) is 0 Å². The lowest BCUT2D eigenvalue weighted by Gasteiger charge is -2.35. The molecule has 0 atom stereocenters. The van der Waals surface area contributed by atoms with Gasteiger partial charge in [0.1, 0.15) is 5.01 Å². The number of thiazole rings is 1. The van der Waals surface area contributed by atoms with Gasteiger partial charge in [-0.15, -0.1) is 22.7 Å². The van der Waals surface area contributed by atoms with Crippen molar-refractivity contribution in [3.05, 3.63) is 27.4 Å². The van der Waals surface area contributed by atoms with Gasteiger partial charge < -0.3 is 5.73 Å². The summed E-state index contributed by atoms with van der Waals surface area (Å²) in [5.41, 5.74) is 8.90. The van der Waals surface area contributed by atoms with E-state index < -0.39 is 0 Å². The molecule has 2 aromatic rings. The molecule has 1 saturated carbocycles. The Bertz CT molecular complexity index is 577. The normalized spacial score (nSPS) is 26.9. The van der Waals surface area contributed by atoms with E-state index in [2.05, 4.69) is 30.7 Å². The van der Waals surface area contributed by atoms with Gasteiger partial charge in [0.25, 0.3) is 0 Å². The maximum Gasteiger partial charge on any atom is 0.113 e. The molecule has 0 unspecified atom stereocenters. The molecule has 3 rings (SSSR count). The smallest absolute Gasteiger partial charge is 0.113 e. The van der Waals surface area contributed by atoms with E-state index in [1.54, 1.807) is 22.7 Å². The van der Waals surface area contributed by atoms with E-state index in [9.17, 15) is 0 Å². The molecule has 0 spiro atoms.